The highest BCUT2D eigenvalue weighted by Crippen LogP contribution is 2.08. The summed E-state index contributed by atoms with van der Waals surface area (Å²) >= 11 is 0. The van der Waals surface area contributed by atoms with Crippen LogP contribution in [-0.2, 0) is 17.8 Å². The summed E-state index contributed by atoms with van der Waals surface area (Å²) in [6, 6.07) is 11.6. The number of rotatable bonds is 6. The first-order chi connectivity index (χ1) is 9.29. The fourth-order valence-corrected chi connectivity index (χ4v) is 1.82. The molecule has 2 N–H and O–H groups in total. The Hall–Kier alpha value is -2.14. The number of aromatic nitrogens is 2. The van der Waals surface area contributed by atoms with E-state index in [4.69, 9.17) is 5.11 Å². The van der Waals surface area contributed by atoms with Crippen molar-refractivity contribution in [3.05, 3.63) is 48.2 Å². The number of amides is 1. The van der Waals surface area contributed by atoms with Crippen LogP contribution in [0, 0.1) is 0 Å². The third kappa shape index (κ3) is 3.93. The molecule has 2 aromatic rings. The van der Waals surface area contributed by atoms with Crippen LogP contribution < -0.4 is 5.32 Å². The van der Waals surface area contributed by atoms with Gasteiger partial charge in [-0.15, -0.1) is 0 Å². The van der Waals surface area contributed by atoms with Crippen LogP contribution >= 0.6 is 0 Å². The zero-order valence-corrected chi connectivity index (χ0v) is 10.6. The van der Waals surface area contributed by atoms with Crippen LogP contribution in [0.3, 0.4) is 0 Å². The number of benzene rings is 1. The zero-order valence-electron chi connectivity index (χ0n) is 10.6. The molecular weight excluding hydrogens is 242 g/mol. The molecule has 0 saturated carbocycles. The Morgan fingerprint density at radius 2 is 2.05 bits per heavy atom. The first-order valence-electron chi connectivity index (χ1n) is 6.26. The minimum Gasteiger partial charge on any atom is -0.394 e. The first kappa shape index (κ1) is 13.3. The Bertz CT molecular complexity index is 522. The zero-order chi connectivity index (χ0) is 13.5. The number of carbonyl (C=O) groups is 1. The number of aryl methyl sites for hydroxylation is 1. The summed E-state index contributed by atoms with van der Waals surface area (Å²) in [5.41, 5.74) is 1.14. The molecule has 0 radical (unpaired) electrons. The monoisotopic (exact) mass is 259 g/mol. The third-order valence-electron chi connectivity index (χ3n) is 2.78. The average molecular weight is 259 g/mol. The van der Waals surface area contributed by atoms with E-state index in [1.54, 1.807) is 16.9 Å². The number of aliphatic hydroxyl groups is 1. The van der Waals surface area contributed by atoms with Crippen LogP contribution in [0.4, 0.5) is 5.82 Å². The number of hydrogen-bond acceptors (Lipinski definition) is 3. The number of nitrogens with one attached hydrogen (secondary N) is 1. The van der Waals surface area contributed by atoms with Gasteiger partial charge >= 0.3 is 0 Å². The van der Waals surface area contributed by atoms with Gasteiger partial charge in [-0.1, -0.05) is 30.3 Å². The Labute approximate surface area is 111 Å². The van der Waals surface area contributed by atoms with Gasteiger partial charge in [-0.25, -0.2) is 4.68 Å². The molecule has 0 saturated heterocycles. The van der Waals surface area contributed by atoms with Crippen molar-refractivity contribution in [2.45, 2.75) is 19.4 Å². The number of nitrogens with zero attached hydrogens (tertiary/aromatic N) is 2. The standard InChI is InChI=1S/C14H17N3O2/c18-11-10-17-13(8-9-15-17)16-14(19)7-6-12-4-2-1-3-5-12/h1-5,8-9,18H,6-7,10-11H2,(H,16,19). The van der Waals surface area contributed by atoms with E-state index in [0.29, 0.717) is 25.2 Å². The van der Waals surface area contributed by atoms with Crippen molar-refractivity contribution in [3.63, 3.8) is 0 Å². The molecular formula is C14H17N3O2. The topological polar surface area (TPSA) is 67.2 Å². The fourth-order valence-electron chi connectivity index (χ4n) is 1.82. The van der Waals surface area contributed by atoms with Gasteiger partial charge in [-0.05, 0) is 12.0 Å². The van der Waals surface area contributed by atoms with Gasteiger partial charge < -0.3 is 10.4 Å². The van der Waals surface area contributed by atoms with E-state index >= 15 is 0 Å². The molecule has 1 aromatic heterocycles. The molecule has 1 aromatic carbocycles. The van der Waals surface area contributed by atoms with Gasteiger partial charge in [0.15, 0.2) is 0 Å². The van der Waals surface area contributed by atoms with Gasteiger partial charge in [-0.3, -0.25) is 4.79 Å². The van der Waals surface area contributed by atoms with Crippen molar-refractivity contribution in [2.24, 2.45) is 0 Å². The Morgan fingerprint density at radius 1 is 1.26 bits per heavy atom. The van der Waals surface area contributed by atoms with Crippen molar-refractivity contribution >= 4 is 11.7 Å². The molecule has 0 unspecified atom stereocenters. The minimum absolute atomic E-state index is 0.00539. The molecule has 2 rings (SSSR count). The summed E-state index contributed by atoms with van der Waals surface area (Å²) in [6.07, 6.45) is 2.73. The largest absolute Gasteiger partial charge is 0.394 e. The molecule has 0 aliphatic carbocycles. The average Bonchev–Trinajstić information content (AvgIpc) is 2.85. The third-order valence-corrected chi connectivity index (χ3v) is 2.78. The van der Waals surface area contributed by atoms with E-state index in [1.807, 2.05) is 30.3 Å². The summed E-state index contributed by atoms with van der Waals surface area (Å²) < 4.78 is 1.57. The van der Waals surface area contributed by atoms with Gasteiger partial charge in [0, 0.05) is 12.5 Å². The van der Waals surface area contributed by atoms with Crippen molar-refractivity contribution < 1.29 is 9.90 Å². The molecule has 19 heavy (non-hydrogen) atoms. The molecule has 1 amide bonds. The number of anilines is 1. The highest BCUT2D eigenvalue weighted by atomic mass is 16.3. The molecule has 100 valence electrons. The fraction of sp³-hybridized carbons (Fsp3) is 0.286. The van der Waals surface area contributed by atoms with E-state index in [2.05, 4.69) is 10.4 Å². The number of hydrogen-bond donors (Lipinski definition) is 2. The summed E-state index contributed by atoms with van der Waals surface area (Å²) in [5, 5.41) is 15.7. The molecule has 0 atom stereocenters. The van der Waals surface area contributed by atoms with Crippen LogP contribution in [0.15, 0.2) is 42.6 Å². The van der Waals surface area contributed by atoms with Crippen LogP contribution in [0.5, 0.6) is 0 Å². The van der Waals surface area contributed by atoms with E-state index in [-0.39, 0.29) is 12.5 Å². The minimum atomic E-state index is -0.0523. The molecule has 5 nitrogen and oxygen atoms in total. The molecule has 0 aliphatic heterocycles. The lowest BCUT2D eigenvalue weighted by Gasteiger charge is -2.07. The van der Waals surface area contributed by atoms with Gasteiger partial charge in [0.2, 0.25) is 5.91 Å². The summed E-state index contributed by atoms with van der Waals surface area (Å²) in [7, 11) is 0. The van der Waals surface area contributed by atoms with Crippen molar-refractivity contribution in [1.29, 1.82) is 0 Å². The van der Waals surface area contributed by atoms with Crippen molar-refractivity contribution in [1.82, 2.24) is 9.78 Å². The predicted molar refractivity (Wildman–Crippen MR) is 72.7 cm³/mol. The molecule has 0 spiro atoms. The second-order valence-corrected chi connectivity index (χ2v) is 4.20. The van der Waals surface area contributed by atoms with Crippen LogP contribution in [0.2, 0.25) is 0 Å². The Kier molecular flexibility index (Phi) is 4.69. The van der Waals surface area contributed by atoms with E-state index in [0.717, 1.165) is 5.56 Å². The van der Waals surface area contributed by atoms with Crippen LogP contribution in [-0.4, -0.2) is 27.4 Å². The lowest BCUT2D eigenvalue weighted by molar-refractivity contribution is -0.116. The molecule has 0 bridgehead atoms. The van der Waals surface area contributed by atoms with E-state index in [9.17, 15) is 4.79 Å². The summed E-state index contributed by atoms with van der Waals surface area (Å²) in [6.45, 7) is 0.371. The lowest BCUT2D eigenvalue weighted by atomic mass is 10.1. The maximum atomic E-state index is 11.8. The Morgan fingerprint density at radius 3 is 2.79 bits per heavy atom. The smallest absolute Gasteiger partial charge is 0.225 e. The maximum Gasteiger partial charge on any atom is 0.225 e. The highest BCUT2D eigenvalue weighted by Gasteiger charge is 2.07. The highest BCUT2D eigenvalue weighted by molar-refractivity contribution is 5.89. The van der Waals surface area contributed by atoms with Gasteiger partial charge in [-0.2, -0.15) is 5.10 Å². The maximum absolute atomic E-state index is 11.8. The summed E-state index contributed by atoms with van der Waals surface area (Å²) in [4.78, 5) is 11.8. The summed E-state index contributed by atoms with van der Waals surface area (Å²) in [5.74, 6) is 0.565. The van der Waals surface area contributed by atoms with E-state index < -0.39 is 0 Å². The van der Waals surface area contributed by atoms with Gasteiger partial charge in [0.05, 0.1) is 19.3 Å². The molecule has 0 aliphatic rings. The van der Waals surface area contributed by atoms with Crippen LogP contribution in [0.1, 0.15) is 12.0 Å². The van der Waals surface area contributed by atoms with Gasteiger partial charge in [0.25, 0.3) is 0 Å². The predicted octanol–water partition coefficient (Wildman–Crippen LogP) is 1.45. The number of carbonyl (C=O) groups excluding carboxylic acids is 1. The second kappa shape index (κ2) is 6.70. The van der Waals surface area contributed by atoms with E-state index in [1.165, 1.54) is 0 Å². The normalized spacial score (nSPS) is 10.4. The van der Waals surface area contributed by atoms with Crippen LogP contribution in [0.25, 0.3) is 0 Å². The second-order valence-electron chi connectivity index (χ2n) is 4.20. The quantitative estimate of drug-likeness (QED) is 0.825. The molecule has 5 heteroatoms. The van der Waals surface area contributed by atoms with Crippen molar-refractivity contribution in [2.75, 3.05) is 11.9 Å². The SMILES string of the molecule is O=C(CCc1ccccc1)Nc1ccnn1CCO. The molecule has 0 fully saturated rings. The Balaban J connectivity index is 1.85. The molecule has 1 heterocycles. The van der Waals surface area contributed by atoms with Gasteiger partial charge in [0.1, 0.15) is 5.82 Å². The lowest BCUT2D eigenvalue weighted by Crippen LogP contribution is -2.17. The first-order valence-corrected chi connectivity index (χ1v) is 6.26. The number of aliphatic hydroxyl groups excluding tert-OH is 1. The van der Waals surface area contributed by atoms with Crippen molar-refractivity contribution in [3.8, 4) is 0 Å².